The third-order valence-corrected chi connectivity index (χ3v) is 9.19. The van der Waals surface area contributed by atoms with Crippen molar-refractivity contribution in [1.29, 1.82) is 0 Å². The lowest BCUT2D eigenvalue weighted by molar-refractivity contribution is -0.00000484. The highest BCUT2D eigenvalue weighted by atomic mass is 79.9. The predicted molar refractivity (Wildman–Crippen MR) is 116 cm³/mol. The van der Waals surface area contributed by atoms with Gasteiger partial charge in [-0.05, 0) is 60.7 Å². The average molecular weight is 454 g/mol. The normalized spacial score (nSPS) is 10.9. The maximum absolute atomic E-state index is 6.21. The molecule has 0 N–H and O–H groups in total. The predicted octanol–water partition coefficient (Wildman–Crippen LogP) is 1.96. The molecular formula is C24H19BrClP. The van der Waals surface area contributed by atoms with Crippen molar-refractivity contribution in [2.45, 2.75) is 0 Å². The van der Waals surface area contributed by atoms with Crippen LogP contribution in [0.3, 0.4) is 0 Å². The fourth-order valence-electron chi connectivity index (χ4n) is 3.51. The molecule has 0 saturated heterocycles. The Labute approximate surface area is 177 Å². The zero-order valence-electron chi connectivity index (χ0n) is 14.7. The Hall–Kier alpha value is -1.92. The summed E-state index contributed by atoms with van der Waals surface area (Å²) in [4.78, 5) is 0. The first-order valence-electron chi connectivity index (χ1n) is 8.64. The topological polar surface area (TPSA) is 0 Å². The van der Waals surface area contributed by atoms with Crippen molar-refractivity contribution >= 4 is 40.1 Å². The molecule has 4 rings (SSSR count). The van der Waals surface area contributed by atoms with Crippen molar-refractivity contribution < 1.29 is 17.0 Å². The van der Waals surface area contributed by atoms with Gasteiger partial charge in [0.2, 0.25) is 0 Å². The highest BCUT2D eigenvalue weighted by Gasteiger charge is 2.47. The monoisotopic (exact) mass is 452 g/mol. The van der Waals surface area contributed by atoms with Crippen LogP contribution in [0.15, 0.2) is 115 Å². The number of hydrogen-bond donors (Lipinski definition) is 0. The summed E-state index contributed by atoms with van der Waals surface area (Å²) in [5.41, 5.74) is 0. The average Bonchev–Trinajstić information content (AvgIpc) is 2.72. The molecule has 0 nitrogen and oxygen atoms in total. The second kappa shape index (κ2) is 8.85. The van der Waals surface area contributed by atoms with E-state index in [1.54, 1.807) is 0 Å². The van der Waals surface area contributed by atoms with E-state index in [4.69, 9.17) is 11.6 Å². The molecular weight excluding hydrogens is 435 g/mol. The van der Waals surface area contributed by atoms with Crippen LogP contribution >= 0.6 is 18.9 Å². The number of rotatable bonds is 4. The Morgan fingerprint density at radius 1 is 0.407 bits per heavy atom. The van der Waals surface area contributed by atoms with E-state index >= 15 is 0 Å². The van der Waals surface area contributed by atoms with Gasteiger partial charge >= 0.3 is 0 Å². The summed E-state index contributed by atoms with van der Waals surface area (Å²) in [6.07, 6.45) is 0. The van der Waals surface area contributed by atoms with Gasteiger partial charge in [0.25, 0.3) is 0 Å². The van der Waals surface area contributed by atoms with E-state index < -0.39 is 7.26 Å². The van der Waals surface area contributed by atoms with Crippen LogP contribution in [0.1, 0.15) is 0 Å². The molecule has 3 heteroatoms. The van der Waals surface area contributed by atoms with E-state index in [0.29, 0.717) is 0 Å². The molecule has 0 aliphatic heterocycles. The van der Waals surface area contributed by atoms with Crippen LogP contribution in [0.4, 0.5) is 0 Å². The first-order chi connectivity index (χ1) is 12.8. The zero-order chi connectivity index (χ0) is 17.8. The molecule has 0 amide bonds. The summed E-state index contributed by atoms with van der Waals surface area (Å²) in [6.45, 7) is 0. The molecule has 4 aromatic carbocycles. The van der Waals surface area contributed by atoms with Crippen molar-refractivity contribution in [2.24, 2.45) is 0 Å². The lowest BCUT2D eigenvalue weighted by atomic mass is 10.3. The SMILES string of the molecule is Clc1ccc([P+](c2ccccc2)(c2ccccc2)c2ccccc2)cc1.[Br-]. The maximum Gasteiger partial charge on any atom is 0.144 e. The highest BCUT2D eigenvalue weighted by Crippen LogP contribution is 2.54. The molecule has 0 aliphatic rings. The molecule has 0 atom stereocenters. The van der Waals surface area contributed by atoms with Gasteiger partial charge in [0.05, 0.1) is 0 Å². The molecule has 0 spiro atoms. The second-order valence-corrected chi connectivity index (χ2v) is 10.00. The summed E-state index contributed by atoms with van der Waals surface area (Å²) in [7, 11) is -1.98. The number of halogens is 2. The molecule has 0 radical (unpaired) electrons. The Morgan fingerprint density at radius 2 is 0.704 bits per heavy atom. The first-order valence-corrected chi connectivity index (χ1v) is 10.8. The summed E-state index contributed by atoms with van der Waals surface area (Å²) in [5.74, 6) is 0. The Bertz CT molecular complexity index is 874. The number of hydrogen-bond acceptors (Lipinski definition) is 0. The maximum atomic E-state index is 6.21. The molecule has 0 aliphatic carbocycles. The fraction of sp³-hybridized carbons (Fsp3) is 0. The second-order valence-electron chi connectivity index (χ2n) is 6.15. The molecule has 27 heavy (non-hydrogen) atoms. The molecule has 4 aromatic rings. The van der Waals surface area contributed by atoms with Crippen molar-refractivity contribution in [3.8, 4) is 0 Å². The van der Waals surface area contributed by atoms with E-state index in [9.17, 15) is 0 Å². The molecule has 0 bridgehead atoms. The third kappa shape index (κ3) is 3.73. The summed E-state index contributed by atoms with van der Waals surface area (Å²) in [5, 5.41) is 6.12. The summed E-state index contributed by atoms with van der Waals surface area (Å²) in [6, 6.07) is 40.9. The van der Waals surface area contributed by atoms with Gasteiger partial charge in [-0.25, -0.2) is 0 Å². The molecule has 134 valence electrons. The van der Waals surface area contributed by atoms with Gasteiger partial charge in [0.15, 0.2) is 0 Å². The summed E-state index contributed by atoms with van der Waals surface area (Å²) >= 11 is 6.21. The van der Waals surface area contributed by atoms with Gasteiger partial charge < -0.3 is 17.0 Å². The molecule has 0 heterocycles. The van der Waals surface area contributed by atoms with Gasteiger partial charge in [-0.3, -0.25) is 0 Å². The van der Waals surface area contributed by atoms with Crippen molar-refractivity contribution in [1.82, 2.24) is 0 Å². The summed E-state index contributed by atoms with van der Waals surface area (Å²) < 4.78 is 0. The van der Waals surface area contributed by atoms with E-state index in [0.717, 1.165) is 5.02 Å². The van der Waals surface area contributed by atoms with Crippen molar-refractivity contribution in [3.63, 3.8) is 0 Å². The lowest BCUT2D eigenvalue weighted by Crippen LogP contribution is -3.00. The Morgan fingerprint density at radius 3 is 1.04 bits per heavy atom. The van der Waals surface area contributed by atoms with Crippen LogP contribution in [0.2, 0.25) is 5.02 Å². The van der Waals surface area contributed by atoms with Crippen LogP contribution in [0.5, 0.6) is 0 Å². The van der Waals surface area contributed by atoms with Gasteiger partial charge in [-0.1, -0.05) is 66.2 Å². The third-order valence-electron chi connectivity index (χ3n) is 4.64. The number of benzene rings is 4. The minimum atomic E-state index is -1.98. The highest BCUT2D eigenvalue weighted by molar-refractivity contribution is 8.01. The molecule has 0 unspecified atom stereocenters. The Balaban J connectivity index is 0.00000210. The lowest BCUT2D eigenvalue weighted by Gasteiger charge is -2.27. The van der Waals surface area contributed by atoms with Gasteiger partial charge in [0.1, 0.15) is 28.5 Å². The van der Waals surface area contributed by atoms with Gasteiger partial charge in [0, 0.05) is 5.02 Å². The largest absolute Gasteiger partial charge is 1.00 e. The van der Waals surface area contributed by atoms with Crippen LogP contribution in [-0.4, -0.2) is 0 Å². The van der Waals surface area contributed by atoms with E-state index in [1.807, 2.05) is 12.1 Å². The van der Waals surface area contributed by atoms with Crippen LogP contribution in [-0.2, 0) is 0 Å². The van der Waals surface area contributed by atoms with Crippen LogP contribution in [0, 0.1) is 0 Å². The van der Waals surface area contributed by atoms with Gasteiger partial charge in [-0.2, -0.15) is 0 Å². The first kappa shape index (κ1) is 19.8. The molecule has 0 fully saturated rings. The van der Waals surface area contributed by atoms with Crippen LogP contribution < -0.4 is 38.2 Å². The quantitative estimate of drug-likeness (QED) is 0.415. The van der Waals surface area contributed by atoms with Crippen molar-refractivity contribution in [3.05, 3.63) is 120 Å². The van der Waals surface area contributed by atoms with E-state index in [1.165, 1.54) is 21.2 Å². The minimum Gasteiger partial charge on any atom is -1.00 e. The molecule has 0 aromatic heterocycles. The minimum absolute atomic E-state index is 0. The zero-order valence-corrected chi connectivity index (χ0v) is 17.9. The van der Waals surface area contributed by atoms with Crippen molar-refractivity contribution in [2.75, 3.05) is 0 Å². The van der Waals surface area contributed by atoms with Crippen LogP contribution in [0.25, 0.3) is 0 Å². The smallest absolute Gasteiger partial charge is 0.144 e. The standard InChI is InChI=1S/C24H19ClP.BrH/c25-20-16-18-24(19-17-20)26(21-10-4-1-5-11-21,22-12-6-2-7-13-22)23-14-8-3-9-15-23;/h1-19H;1H/q+1;/p-1. The Kier molecular flexibility index (Phi) is 6.50. The fourth-order valence-corrected chi connectivity index (χ4v) is 7.88. The van der Waals surface area contributed by atoms with Gasteiger partial charge in [-0.15, -0.1) is 0 Å². The van der Waals surface area contributed by atoms with E-state index in [-0.39, 0.29) is 17.0 Å². The molecule has 0 saturated carbocycles. The van der Waals surface area contributed by atoms with E-state index in [2.05, 4.69) is 103 Å².